The van der Waals surface area contributed by atoms with Crippen molar-refractivity contribution in [2.75, 3.05) is 13.1 Å². The van der Waals surface area contributed by atoms with Crippen molar-refractivity contribution in [3.05, 3.63) is 96.8 Å². The van der Waals surface area contributed by atoms with E-state index in [0.717, 1.165) is 47.7 Å². The van der Waals surface area contributed by atoms with Gasteiger partial charge in [-0.3, -0.25) is 15.2 Å². The summed E-state index contributed by atoms with van der Waals surface area (Å²) in [6.07, 6.45) is 6.83. The lowest BCUT2D eigenvalue weighted by atomic mass is 10.0. The van der Waals surface area contributed by atoms with E-state index in [9.17, 15) is 4.79 Å². The molecule has 0 radical (unpaired) electrons. The van der Waals surface area contributed by atoms with E-state index in [4.69, 9.17) is 10.1 Å². The Morgan fingerprint density at radius 2 is 1.88 bits per heavy atom. The molecule has 0 aliphatic carbocycles. The van der Waals surface area contributed by atoms with Crippen LogP contribution in [0.25, 0.3) is 0 Å². The number of nitrogens with zero attached hydrogens (tertiary/aromatic N) is 2. The molecule has 0 spiro atoms. The van der Waals surface area contributed by atoms with Crippen molar-refractivity contribution < 1.29 is 14.8 Å². The first kappa shape index (κ1) is 21.5. The topological polar surface area (TPSA) is 82.9 Å². The first-order valence-corrected chi connectivity index (χ1v) is 10.8. The van der Waals surface area contributed by atoms with Crippen molar-refractivity contribution in [2.24, 2.45) is 0 Å². The minimum atomic E-state index is -0.0244. The number of carbonyl (C=O) groups is 1. The molecule has 1 fully saturated rings. The molecule has 0 saturated carbocycles. The molecule has 2 heterocycles. The third-order valence-corrected chi connectivity index (χ3v) is 5.61. The first-order chi connectivity index (χ1) is 15.6. The summed E-state index contributed by atoms with van der Waals surface area (Å²) < 4.78 is 5.85. The maximum absolute atomic E-state index is 12.0. The van der Waals surface area contributed by atoms with Gasteiger partial charge in [0.05, 0.1) is 17.8 Å². The van der Waals surface area contributed by atoms with Crippen LogP contribution in [0.4, 0.5) is 5.69 Å². The molecule has 32 heavy (non-hydrogen) atoms. The zero-order valence-electron chi connectivity index (χ0n) is 17.9. The zero-order chi connectivity index (χ0) is 22.3. The third kappa shape index (κ3) is 5.10. The van der Waals surface area contributed by atoms with Gasteiger partial charge in [0.15, 0.2) is 0 Å². The first-order valence-electron chi connectivity index (χ1n) is 10.8. The Morgan fingerprint density at radius 1 is 1.12 bits per heavy atom. The van der Waals surface area contributed by atoms with Crippen LogP contribution in [0.3, 0.4) is 0 Å². The van der Waals surface area contributed by atoms with Crippen molar-refractivity contribution in [3.63, 3.8) is 0 Å². The SMILES string of the molecule is C=CC(=O)N1CCC[C@@H]([NH2+]c2ccncc2C(=N)c2ccc(Oc3ccccc3)cc2)C1. The van der Waals surface area contributed by atoms with Crippen LogP contribution in [0.2, 0.25) is 0 Å². The van der Waals surface area contributed by atoms with Crippen molar-refractivity contribution in [3.8, 4) is 11.5 Å². The summed E-state index contributed by atoms with van der Waals surface area (Å²) in [6, 6.07) is 19.3. The Morgan fingerprint density at radius 3 is 2.62 bits per heavy atom. The van der Waals surface area contributed by atoms with Gasteiger partial charge < -0.3 is 15.0 Å². The molecule has 6 nitrogen and oxygen atoms in total. The third-order valence-electron chi connectivity index (χ3n) is 5.61. The van der Waals surface area contributed by atoms with Gasteiger partial charge in [0.25, 0.3) is 0 Å². The number of ether oxygens (including phenoxy) is 1. The van der Waals surface area contributed by atoms with E-state index < -0.39 is 0 Å². The van der Waals surface area contributed by atoms with Crippen molar-refractivity contribution >= 4 is 17.3 Å². The lowest BCUT2D eigenvalue weighted by Crippen LogP contribution is -2.87. The number of para-hydroxylation sites is 1. The van der Waals surface area contributed by atoms with E-state index in [0.29, 0.717) is 12.3 Å². The highest BCUT2D eigenvalue weighted by atomic mass is 16.5. The Bertz CT molecular complexity index is 1100. The summed E-state index contributed by atoms with van der Waals surface area (Å²) in [4.78, 5) is 18.1. The number of hydrogen-bond donors (Lipinski definition) is 2. The molecule has 1 aliphatic heterocycles. The van der Waals surface area contributed by atoms with Crippen LogP contribution < -0.4 is 10.1 Å². The summed E-state index contributed by atoms with van der Waals surface area (Å²) in [6.45, 7) is 5.04. The lowest BCUT2D eigenvalue weighted by molar-refractivity contribution is -0.613. The lowest BCUT2D eigenvalue weighted by Gasteiger charge is -2.30. The number of hydrogen-bond acceptors (Lipinski definition) is 4. The van der Waals surface area contributed by atoms with Crippen molar-refractivity contribution in [2.45, 2.75) is 18.9 Å². The summed E-state index contributed by atoms with van der Waals surface area (Å²) >= 11 is 0. The van der Waals surface area contributed by atoms with Gasteiger partial charge in [-0.15, -0.1) is 0 Å². The van der Waals surface area contributed by atoms with Crippen LogP contribution in [0.1, 0.15) is 24.0 Å². The number of aromatic nitrogens is 1. The quantitative estimate of drug-likeness (QED) is 0.446. The Hall–Kier alpha value is -3.77. The minimum absolute atomic E-state index is 0.0244. The highest BCUT2D eigenvalue weighted by Crippen LogP contribution is 2.23. The molecule has 1 saturated heterocycles. The number of carbonyl (C=O) groups excluding carboxylic acids is 1. The van der Waals surface area contributed by atoms with Crippen LogP contribution in [0, 0.1) is 5.41 Å². The highest BCUT2D eigenvalue weighted by Gasteiger charge is 2.26. The van der Waals surface area contributed by atoms with Gasteiger partial charge in [-0.25, -0.2) is 0 Å². The van der Waals surface area contributed by atoms with Crippen LogP contribution in [0.15, 0.2) is 85.7 Å². The van der Waals surface area contributed by atoms with E-state index in [2.05, 4.69) is 16.9 Å². The van der Waals surface area contributed by atoms with Crippen LogP contribution >= 0.6 is 0 Å². The summed E-state index contributed by atoms with van der Waals surface area (Å²) in [7, 11) is 0. The van der Waals surface area contributed by atoms with Crippen molar-refractivity contribution in [1.82, 2.24) is 9.88 Å². The molecule has 3 N–H and O–H groups in total. The molecule has 1 amide bonds. The molecule has 4 rings (SSSR count). The number of rotatable bonds is 7. The Kier molecular flexibility index (Phi) is 6.72. The molecule has 162 valence electrons. The fourth-order valence-corrected chi connectivity index (χ4v) is 3.96. The number of nitrogens with two attached hydrogens (primary N) is 1. The number of nitrogens with one attached hydrogen (secondary N) is 1. The standard InChI is InChI=1S/C26H26N4O2/c1-2-25(31)30-16-6-7-20(18-30)29-24-14-15-28-17-23(24)26(27)19-10-12-22(13-11-19)32-21-8-4-3-5-9-21/h2-5,8-15,17,20,27H,1,6-7,16,18H2,(H,28,29)/p+1/t20-/m1/s1. The number of likely N-dealkylation sites (tertiary alicyclic amines) is 1. The molecule has 1 aliphatic rings. The fourth-order valence-electron chi connectivity index (χ4n) is 3.96. The number of pyridine rings is 1. The van der Waals surface area contributed by atoms with E-state index in [1.165, 1.54) is 6.08 Å². The number of benzene rings is 2. The fraction of sp³-hybridized carbons (Fsp3) is 0.192. The summed E-state index contributed by atoms with van der Waals surface area (Å²) in [5.74, 6) is 1.47. The Balaban J connectivity index is 1.47. The van der Waals surface area contributed by atoms with Crippen LogP contribution in [0.5, 0.6) is 11.5 Å². The molecule has 1 atom stereocenters. The average Bonchev–Trinajstić information content (AvgIpc) is 2.85. The molecule has 3 aromatic rings. The summed E-state index contributed by atoms with van der Waals surface area (Å²) in [5.41, 5.74) is 2.94. The van der Waals surface area contributed by atoms with Gasteiger partial charge in [-0.05, 0) is 48.9 Å². The van der Waals surface area contributed by atoms with Crippen LogP contribution in [-0.2, 0) is 4.79 Å². The van der Waals surface area contributed by atoms with E-state index in [-0.39, 0.29) is 11.9 Å². The maximum atomic E-state index is 12.0. The summed E-state index contributed by atoms with van der Waals surface area (Å²) in [5, 5.41) is 10.9. The molecule has 1 aromatic heterocycles. The van der Waals surface area contributed by atoms with Gasteiger partial charge in [-0.2, -0.15) is 0 Å². The molecule has 6 heteroatoms. The predicted octanol–water partition coefficient (Wildman–Crippen LogP) is 3.66. The van der Waals surface area contributed by atoms with E-state index in [1.54, 1.807) is 12.4 Å². The van der Waals surface area contributed by atoms with E-state index >= 15 is 0 Å². The predicted molar refractivity (Wildman–Crippen MR) is 125 cm³/mol. The highest BCUT2D eigenvalue weighted by molar-refractivity contribution is 6.13. The molecular weight excluding hydrogens is 400 g/mol. The van der Waals surface area contributed by atoms with Gasteiger partial charge in [0.1, 0.15) is 23.2 Å². The van der Waals surface area contributed by atoms with Gasteiger partial charge >= 0.3 is 0 Å². The number of quaternary nitrogens is 1. The Labute approximate surface area is 188 Å². The second-order valence-electron chi connectivity index (χ2n) is 7.83. The number of piperidine rings is 1. The van der Waals surface area contributed by atoms with Gasteiger partial charge in [0.2, 0.25) is 5.91 Å². The second-order valence-corrected chi connectivity index (χ2v) is 7.83. The molecular formula is C26H27N4O2+. The van der Waals surface area contributed by atoms with Gasteiger partial charge in [-0.1, -0.05) is 24.8 Å². The number of amides is 1. The normalized spacial score (nSPS) is 15.8. The maximum Gasteiger partial charge on any atom is 0.246 e. The molecule has 0 bridgehead atoms. The second kappa shape index (κ2) is 10.0. The van der Waals surface area contributed by atoms with Gasteiger partial charge in [0, 0.05) is 37.0 Å². The monoisotopic (exact) mass is 427 g/mol. The largest absolute Gasteiger partial charge is 0.457 e. The molecule has 0 unspecified atom stereocenters. The average molecular weight is 428 g/mol. The van der Waals surface area contributed by atoms with Crippen LogP contribution in [-0.4, -0.2) is 40.6 Å². The van der Waals surface area contributed by atoms with Crippen molar-refractivity contribution in [1.29, 1.82) is 5.41 Å². The molecule has 2 aromatic carbocycles. The smallest absolute Gasteiger partial charge is 0.246 e. The van der Waals surface area contributed by atoms with E-state index in [1.807, 2.05) is 65.6 Å². The zero-order valence-corrected chi connectivity index (χ0v) is 17.9. The minimum Gasteiger partial charge on any atom is -0.457 e.